The standard InChI is InChI=1S/C23H28N4O3.2ClH/c1-29-19-5-2-16(3-6-19)22-20-14-24-12-18(20)15-27(22)23(28)17-4-7-21(25-13-17)26-8-10-30-11-9-26;;/h2-7,13,18,20,22,24H,8-12,14-15H2,1H3;2*1H/t18-,20-,22-;;/m0../s1. The van der Waals surface area contributed by atoms with Crippen molar-refractivity contribution < 1.29 is 14.3 Å². The van der Waals surface area contributed by atoms with Gasteiger partial charge in [-0.25, -0.2) is 4.98 Å². The molecule has 3 aliphatic rings. The summed E-state index contributed by atoms with van der Waals surface area (Å²) < 4.78 is 10.7. The van der Waals surface area contributed by atoms with Crippen molar-refractivity contribution in [3.8, 4) is 5.75 Å². The summed E-state index contributed by atoms with van der Waals surface area (Å²) in [5, 5.41) is 3.50. The maximum Gasteiger partial charge on any atom is 0.255 e. The van der Waals surface area contributed by atoms with Crippen molar-refractivity contribution in [2.75, 3.05) is 57.9 Å². The van der Waals surface area contributed by atoms with Gasteiger partial charge >= 0.3 is 0 Å². The molecule has 1 N–H and O–H groups in total. The van der Waals surface area contributed by atoms with E-state index in [4.69, 9.17) is 9.47 Å². The second-order valence-corrected chi connectivity index (χ2v) is 8.26. The van der Waals surface area contributed by atoms with E-state index in [9.17, 15) is 4.79 Å². The first-order valence-electron chi connectivity index (χ1n) is 10.7. The van der Waals surface area contributed by atoms with Crippen LogP contribution in [-0.4, -0.2) is 68.8 Å². The Hall–Kier alpha value is -2.06. The molecule has 0 spiro atoms. The molecule has 174 valence electrons. The van der Waals surface area contributed by atoms with Gasteiger partial charge in [-0.1, -0.05) is 12.1 Å². The highest BCUT2D eigenvalue weighted by molar-refractivity contribution is 5.94. The normalized spacial score (nSPS) is 24.3. The predicted molar refractivity (Wildman–Crippen MR) is 128 cm³/mol. The minimum atomic E-state index is 0. The maximum absolute atomic E-state index is 13.5. The summed E-state index contributed by atoms with van der Waals surface area (Å²) >= 11 is 0. The number of likely N-dealkylation sites (tertiary alicyclic amines) is 1. The minimum absolute atomic E-state index is 0. The summed E-state index contributed by atoms with van der Waals surface area (Å²) in [7, 11) is 1.67. The molecule has 0 bridgehead atoms. The summed E-state index contributed by atoms with van der Waals surface area (Å²) in [6.45, 7) is 5.80. The first kappa shape index (κ1) is 24.6. The number of halogens is 2. The van der Waals surface area contributed by atoms with Gasteiger partial charge in [0.1, 0.15) is 11.6 Å². The van der Waals surface area contributed by atoms with Crippen LogP contribution in [0.15, 0.2) is 42.6 Å². The number of methoxy groups -OCH3 is 1. The number of carbonyl (C=O) groups excluding carboxylic acids is 1. The first-order valence-corrected chi connectivity index (χ1v) is 10.7. The fourth-order valence-electron chi connectivity index (χ4n) is 5.02. The molecule has 3 aliphatic heterocycles. The van der Waals surface area contributed by atoms with E-state index in [2.05, 4.69) is 27.3 Å². The van der Waals surface area contributed by atoms with E-state index in [0.29, 0.717) is 17.4 Å². The molecule has 3 saturated heterocycles. The quantitative estimate of drug-likeness (QED) is 0.725. The molecule has 3 atom stereocenters. The number of aromatic nitrogens is 1. The number of morpholine rings is 1. The summed E-state index contributed by atoms with van der Waals surface area (Å²) in [4.78, 5) is 22.3. The molecule has 9 heteroatoms. The third-order valence-electron chi connectivity index (χ3n) is 6.61. The lowest BCUT2D eigenvalue weighted by Gasteiger charge is -2.29. The number of hydrogen-bond acceptors (Lipinski definition) is 6. The highest BCUT2D eigenvalue weighted by Gasteiger charge is 2.46. The van der Waals surface area contributed by atoms with Gasteiger partial charge in [0.2, 0.25) is 0 Å². The molecule has 32 heavy (non-hydrogen) atoms. The second kappa shape index (κ2) is 10.7. The summed E-state index contributed by atoms with van der Waals surface area (Å²) in [5.74, 6) is 2.72. The van der Waals surface area contributed by atoms with Crippen LogP contribution in [-0.2, 0) is 4.74 Å². The van der Waals surface area contributed by atoms with Crippen LogP contribution in [0.3, 0.4) is 0 Å². The van der Waals surface area contributed by atoms with Crippen LogP contribution in [0, 0.1) is 11.8 Å². The van der Waals surface area contributed by atoms with E-state index < -0.39 is 0 Å². The SMILES string of the molecule is COc1ccc([C@H]2[C@H]3CNC[C@H]3CN2C(=O)c2ccc(N3CCOCC3)nc2)cc1.Cl.Cl. The Morgan fingerprint density at radius 1 is 1.09 bits per heavy atom. The molecule has 1 amide bonds. The lowest BCUT2D eigenvalue weighted by Crippen LogP contribution is -2.37. The molecule has 0 saturated carbocycles. The number of anilines is 1. The van der Waals surface area contributed by atoms with E-state index in [1.807, 2.05) is 29.2 Å². The summed E-state index contributed by atoms with van der Waals surface area (Å²) in [6, 6.07) is 12.1. The van der Waals surface area contributed by atoms with Crippen molar-refractivity contribution in [2.45, 2.75) is 6.04 Å². The van der Waals surface area contributed by atoms with Gasteiger partial charge in [0, 0.05) is 44.8 Å². The molecule has 4 heterocycles. The monoisotopic (exact) mass is 480 g/mol. The van der Waals surface area contributed by atoms with E-state index >= 15 is 0 Å². The number of hydrogen-bond donors (Lipinski definition) is 1. The molecule has 7 nitrogen and oxygen atoms in total. The fourth-order valence-corrected chi connectivity index (χ4v) is 5.02. The Bertz CT molecular complexity index is 891. The molecule has 2 aromatic rings. The van der Waals surface area contributed by atoms with Crippen LogP contribution < -0.4 is 15.0 Å². The number of benzene rings is 1. The molecular formula is C23H30Cl2N4O3. The average molecular weight is 481 g/mol. The van der Waals surface area contributed by atoms with E-state index in [-0.39, 0.29) is 36.8 Å². The van der Waals surface area contributed by atoms with Gasteiger partial charge in [0.15, 0.2) is 0 Å². The number of amides is 1. The van der Waals surface area contributed by atoms with Crippen molar-refractivity contribution >= 4 is 36.5 Å². The molecule has 1 aromatic heterocycles. The zero-order valence-corrected chi connectivity index (χ0v) is 19.7. The summed E-state index contributed by atoms with van der Waals surface area (Å²) in [5.41, 5.74) is 1.82. The maximum atomic E-state index is 13.5. The van der Waals surface area contributed by atoms with E-state index in [0.717, 1.165) is 57.5 Å². The number of nitrogens with one attached hydrogen (secondary N) is 1. The Morgan fingerprint density at radius 3 is 2.50 bits per heavy atom. The number of fused-ring (bicyclic) bond motifs is 1. The lowest BCUT2D eigenvalue weighted by molar-refractivity contribution is 0.0713. The Balaban J connectivity index is 0.00000144. The predicted octanol–water partition coefficient (Wildman–Crippen LogP) is 2.80. The van der Waals surface area contributed by atoms with Crippen molar-refractivity contribution in [3.63, 3.8) is 0 Å². The van der Waals surface area contributed by atoms with E-state index in [1.165, 1.54) is 5.56 Å². The third kappa shape index (κ3) is 4.66. The number of carbonyl (C=O) groups is 1. The van der Waals surface area contributed by atoms with Crippen molar-refractivity contribution in [3.05, 3.63) is 53.7 Å². The fraction of sp³-hybridized carbons (Fsp3) is 0.478. The average Bonchev–Trinajstić information content (AvgIpc) is 3.41. The van der Waals surface area contributed by atoms with Crippen LogP contribution in [0.2, 0.25) is 0 Å². The Morgan fingerprint density at radius 2 is 1.84 bits per heavy atom. The van der Waals surface area contributed by atoms with Crippen LogP contribution in [0.4, 0.5) is 5.82 Å². The number of rotatable bonds is 4. The highest BCUT2D eigenvalue weighted by atomic mass is 35.5. The number of nitrogens with zero attached hydrogens (tertiary/aromatic N) is 3. The van der Waals surface area contributed by atoms with Gasteiger partial charge in [-0.3, -0.25) is 4.79 Å². The molecule has 0 unspecified atom stereocenters. The minimum Gasteiger partial charge on any atom is -0.497 e. The zero-order valence-electron chi connectivity index (χ0n) is 18.1. The molecule has 3 fully saturated rings. The third-order valence-corrected chi connectivity index (χ3v) is 6.61. The summed E-state index contributed by atoms with van der Waals surface area (Å²) in [6.07, 6.45) is 1.73. The van der Waals surface area contributed by atoms with Gasteiger partial charge < -0.3 is 24.6 Å². The van der Waals surface area contributed by atoms with Gasteiger partial charge in [0.25, 0.3) is 5.91 Å². The number of ether oxygens (including phenoxy) is 2. The van der Waals surface area contributed by atoms with Crippen molar-refractivity contribution in [2.24, 2.45) is 11.8 Å². The van der Waals surface area contributed by atoms with Gasteiger partial charge in [-0.05, 0) is 35.7 Å². The smallest absolute Gasteiger partial charge is 0.255 e. The van der Waals surface area contributed by atoms with Crippen LogP contribution in [0.5, 0.6) is 5.75 Å². The largest absolute Gasteiger partial charge is 0.497 e. The van der Waals surface area contributed by atoms with E-state index in [1.54, 1.807) is 13.3 Å². The zero-order chi connectivity index (χ0) is 20.5. The van der Waals surface area contributed by atoms with Crippen molar-refractivity contribution in [1.82, 2.24) is 15.2 Å². The first-order chi connectivity index (χ1) is 14.7. The molecular weight excluding hydrogens is 451 g/mol. The highest BCUT2D eigenvalue weighted by Crippen LogP contribution is 2.43. The lowest BCUT2D eigenvalue weighted by atomic mass is 9.89. The van der Waals surface area contributed by atoms with Crippen LogP contribution in [0.25, 0.3) is 0 Å². The molecule has 1 aromatic carbocycles. The van der Waals surface area contributed by atoms with Gasteiger partial charge in [0.05, 0.1) is 31.9 Å². The van der Waals surface area contributed by atoms with Crippen LogP contribution >= 0.6 is 24.8 Å². The molecule has 5 rings (SSSR count). The molecule has 0 aliphatic carbocycles. The van der Waals surface area contributed by atoms with Crippen LogP contribution in [0.1, 0.15) is 22.0 Å². The Kier molecular flexibility index (Phi) is 8.22. The van der Waals surface area contributed by atoms with Gasteiger partial charge in [-0.2, -0.15) is 0 Å². The van der Waals surface area contributed by atoms with Gasteiger partial charge in [-0.15, -0.1) is 24.8 Å². The molecule has 0 radical (unpaired) electrons. The Labute approximate surface area is 201 Å². The number of pyridine rings is 1. The second-order valence-electron chi connectivity index (χ2n) is 8.26. The topological polar surface area (TPSA) is 66.9 Å². The van der Waals surface area contributed by atoms with Crippen molar-refractivity contribution in [1.29, 1.82) is 0 Å².